The maximum absolute atomic E-state index is 12.0. The summed E-state index contributed by atoms with van der Waals surface area (Å²) in [5.74, 6) is 0. The fraction of sp³-hybridized carbons (Fsp3) is 0.538. The van der Waals surface area contributed by atoms with Gasteiger partial charge < -0.3 is 5.32 Å². The van der Waals surface area contributed by atoms with E-state index < -0.39 is 10.0 Å². The van der Waals surface area contributed by atoms with E-state index in [9.17, 15) is 8.42 Å². The van der Waals surface area contributed by atoms with Gasteiger partial charge in [0.25, 0.3) is 0 Å². The van der Waals surface area contributed by atoms with Crippen molar-refractivity contribution in [3.05, 3.63) is 28.8 Å². The Morgan fingerprint density at radius 1 is 1.16 bits per heavy atom. The second kappa shape index (κ2) is 7.85. The van der Waals surface area contributed by atoms with Crippen LogP contribution in [0.5, 0.6) is 0 Å². The van der Waals surface area contributed by atoms with Gasteiger partial charge in [0.05, 0.1) is 4.90 Å². The molecule has 0 spiro atoms. The summed E-state index contributed by atoms with van der Waals surface area (Å²) in [6.07, 6.45) is 1.78. The van der Waals surface area contributed by atoms with Crippen LogP contribution in [0.25, 0.3) is 0 Å². The van der Waals surface area contributed by atoms with Crippen LogP contribution in [0.2, 0.25) is 5.02 Å². The van der Waals surface area contributed by atoms with Crippen LogP contribution in [0.4, 0.5) is 0 Å². The average molecular weight is 305 g/mol. The molecule has 1 aromatic rings. The lowest BCUT2D eigenvalue weighted by Gasteiger charge is -2.10. The first-order chi connectivity index (χ1) is 9.01. The maximum Gasteiger partial charge on any atom is 0.240 e. The first-order valence-electron chi connectivity index (χ1n) is 6.50. The summed E-state index contributed by atoms with van der Waals surface area (Å²) in [7, 11) is -3.43. The van der Waals surface area contributed by atoms with Crippen LogP contribution in [0, 0.1) is 0 Å². The van der Waals surface area contributed by atoms with E-state index in [1.54, 1.807) is 12.1 Å². The highest BCUT2D eigenvalue weighted by atomic mass is 35.5. The summed E-state index contributed by atoms with van der Waals surface area (Å²) in [4.78, 5) is 0.263. The average Bonchev–Trinajstić information content (AvgIpc) is 2.38. The molecule has 1 rings (SSSR count). The Hall–Kier alpha value is -0.620. The fourth-order valence-corrected chi connectivity index (χ4v) is 2.94. The molecule has 0 unspecified atom stereocenters. The van der Waals surface area contributed by atoms with Crippen molar-refractivity contribution in [1.82, 2.24) is 10.0 Å². The smallest absolute Gasteiger partial charge is 0.240 e. The zero-order valence-electron chi connectivity index (χ0n) is 11.4. The predicted octanol–water partition coefficient (Wildman–Crippen LogP) is 2.53. The molecule has 4 nitrogen and oxygen atoms in total. The standard InChI is InChI=1S/C13H21ClN2O2S/c1-3-7-15-10-11-9-12(5-6-13(11)14)19(17,18)16-8-4-2/h5-6,9,15-16H,3-4,7-8,10H2,1-2H3. The maximum atomic E-state index is 12.0. The number of hydrogen-bond acceptors (Lipinski definition) is 3. The minimum Gasteiger partial charge on any atom is -0.313 e. The summed E-state index contributed by atoms with van der Waals surface area (Å²) in [5, 5.41) is 3.80. The lowest BCUT2D eigenvalue weighted by atomic mass is 10.2. The van der Waals surface area contributed by atoms with Gasteiger partial charge in [-0.15, -0.1) is 0 Å². The third-order valence-corrected chi connectivity index (χ3v) is 4.44. The Kier molecular flexibility index (Phi) is 6.79. The highest BCUT2D eigenvalue weighted by Crippen LogP contribution is 2.20. The number of sulfonamides is 1. The molecule has 2 N–H and O–H groups in total. The minimum atomic E-state index is -3.43. The highest BCUT2D eigenvalue weighted by molar-refractivity contribution is 7.89. The van der Waals surface area contributed by atoms with E-state index >= 15 is 0 Å². The van der Waals surface area contributed by atoms with Crippen LogP contribution in [-0.4, -0.2) is 21.5 Å². The number of nitrogens with one attached hydrogen (secondary N) is 2. The van der Waals surface area contributed by atoms with Crippen molar-refractivity contribution in [2.45, 2.75) is 38.1 Å². The number of rotatable bonds is 8. The Morgan fingerprint density at radius 2 is 1.84 bits per heavy atom. The van der Waals surface area contributed by atoms with Crippen LogP contribution < -0.4 is 10.0 Å². The molecular formula is C13H21ClN2O2S. The Labute approximate surface area is 120 Å². The molecule has 0 heterocycles. The van der Waals surface area contributed by atoms with E-state index in [0.29, 0.717) is 18.1 Å². The molecular weight excluding hydrogens is 284 g/mol. The lowest BCUT2D eigenvalue weighted by molar-refractivity contribution is 0.580. The number of halogens is 1. The van der Waals surface area contributed by atoms with E-state index in [0.717, 1.165) is 24.9 Å². The summed E-state index contributed by atoms with van der Waals surface area (Å²) >= 11 is 6.07. The summed E-state index contributed by atoms with van der Waals surface area (Å²) in [6.45, 7) is 5.88. The van der Waals surface area contributed by atoms with Crippen molar-refractivity contribution in [3.63, 3.8) is 0 Å². The molecule has 19 heavy (non-hydrogen) atoms. The minimum absolute atomic E-state index is 0.263. The van der Waals surface area contributed by atoms with Gasteiger partial charge in [0.15, 0.2) is 0 Å². The Morgan fingerprint density at radius 3 is 2.47 bits per heavy atom. The third-order valence-electron chi connectivity index (χ3n) is 2.61. The van der Waals surface area contributed by atoms with E-state index in [2.05, 4.69) is 17.0 Å². The number of hydrogen-bond donors (Lipinski definition) is 2. The largest absolute Gasteiger partial charge is 0.313 e. The molecule has 6 heteroatoms. The molecule has 0 atom stereocenters. The van der Waals surface area contributed by atoms with Gasteiger partial charge in [0, 0.05) is 18.1 Å². The molecule has 0 saturated carbocycles. The quantitative estimate of drug-likeness (QED) is 0.726. The van der Waals surface area contributed by atoms with Gasteiger partial charge in [0.2, 0.25) is 10.0 Å². The van der Waals surface area contributed by atoms with Crippen molar-refractivity contribution in [1.29, 1.82) is 0 Å². The molecule has 0 fully saturated rings. The van der Waals surface area contributed by atoms with Gasteiger partial charge in [-0.3, -0.25) is 0 Å². The van der Waals surface area contributed by atoms with Crippen molar-refractivity contribution in [3.8, 4) is 0 Å². The van der Waals surface area contributed by atoms with Gasteiger partial charge in [-0.25, -0.2) is 13.1 Å². The lowest BCUT2D eigenvalue weighted by Crippen LogP contribution is -2.24. The highest BCUT2D eigenvalue weighted by Gasteiger charge is 2.14. The molecule has 0 radical (unpaired) electrons. The van der Waals surface area contributed by atoms with Gasteiger partial charge in [-0.05, 0) is 43.1 Å². The normalized spacial score (nSPS) is 11.7. The van der Waals surface area contributed by atoms with Crippen LogP contribution in [0.15, 0.2) is 23.1 Å². The van der Waals surface area contributed by atoms with Gasteiger partial charge >= 0.3 is 0 Å². The monoisotopic (exact) mass is 304 g/mol. The second-order valence-electron chi connectivity index (χ2n) is 4.33. The first kappa shape index (κ1) is 16.4. The first-order valence-corrected chi connectivity index (χ1v) is 8.36. The number of benzene rings is 1. The van der Waals surface area contributed by atoms with E-state index in [1.807, 2.05) is 6.92 Å². The SMILES string of the molecule is CCCNCc1cc(S(=O)(=O)NCCC)ccc1Cl. The summed E-state index contributed by atoms with van der Waals surface area (Å²) in [5.41, 5.74) is 0.800. The molecule has 0 aromatic heterocycles. The van der Waals surface area contributed by atoms with Crippen LogP contribution in [0.1, 0.15) is 32.3 Å². The zero-order valence-corrected chi connectivity index (χ0v) is 12.9. The van der Waals surface area contributed by atoms with Crippen LogP contribution >= 0.6 is 11.6 Å². The fourth-order valence-electron chi connectivity index (χ4n) is 1.57. The third kappa shape index (κ3) is 5.10. The molecule has 1 aromatic carbocycles. The topological polar surface area (TPSA) is 58.2 Å². The van der Waals surface area contributed by atoms with Crippen LogP contribution in [0.3, 0.4) is 0 Å². The van der Waals surface area contributed by atoms with E-state index in [4.69, 9.17) is 11.6 Å². The molecule has 0 aliphatic carbocycles. The predicted molar refractivity (Wildman–Crippen MR) is 78.9 cm³/mol. The molecule has 0 aliphatic rings. The van der Waals surface area contributed by atoms with E-state index in [-0.39, 0.29) is 4.90 Å². The van der Waals surface area contributed by atoms with E-state index in [1.165, 1.54) is 6.07 Å². The molecule has 108 valence electrons. The Balaban J connectivity index is 2.88. The van der Waals surface area contributed by atoms with Crippen molar-refractivity contribution >= 4 is 21.6 Å². The summed E-state index contributed by atoms with van der Waals surface area (Å²) in [6, 6.07) is 4.79. The molecule has 0 aliphatic heterocycles. The van der Waals surface area contributed by atoms with Crippen molar-refractivity contribution in [2.24, 2.45) is 0 Å². The second-order valence-corrected chi connectivity index (χ2v) is 6.50. The Bertz CT molecular complexity index is 503. The molecule has 0 amide bonds. The summed E-state index contributed by atoms with van der Waals surface area (Å²) < 4.78 is 26.6. The molecule has 0 saturated heterocycles. The van der Waals surface area contributed by atoms with Gasteiger partial charge in [0.1, 0.15) is 0 Å². The molecule has 0 bridgehead atoms. The zero-order chi connectivity index (χ0) is 14.3. The van der Waals surface area contributed by atoms with Gasteiger partial charge in [-0.1, -0.05) is 25.4 Å². The van der Waals surface area contributed by atoms with Gasteiger partial charge in [-0.2, -0.15) is 0 Å². The van der Waals surface area contributed by atoms with Crippen LogP contribution in [-0.2, 0) is 16.6 Å². The van der Waals surface area contributed by atoms with Crippen molar-refractivity contribution in [2.75, 3.05) is 13.1 Å². The van der Waals surface area contributed by atoms with Crippen molar-refractivity contribution < 1.29 is 8.42 Å².